The zero-order valence-electron chi connectivity index (χ0n) is 10.2. The summed E-state index contributed by atoms with van der Waals surface area (Å²) in [6, 6.07) is 0.159. The molecule has 3 N–H and O–H groups in total. The average molecular weight is 230 g/mol. The molecule has 0 rings (SSSR count). The van der Waals surface area contributed by atoms with Crippen molar-refractivity contribution in [1.29, 1.82) is 0 Å². The molecule has 0 spiro atoms. The van der Waals surface area contributed by atoms with Crippen molar-refractivity contribution in [2.24, 2.45) is 5.92 Å². The van der Waals surface area contributed by atoms with Crippen LogP contribution < -0.4 is 10.6 Å². The highest BCUT2D eigenvalue weighted by molar-refractivity contribution is 5.77. The van der Waals surface area contributed by atoms with Crippen molar-refractivity contribution in [3.05, 3.63) is 0 Å². The monoisotopic (exact) mass is 230 g/mol. The number of carbonyl (C=O) groups excluding carboxylic acids is 1. The molecule has 0 aliphatic rings. The maximum absolute atomic E-state index is 11.2. The van der Waals surface area contributed by atoms with E-state index in [4.69, 9.17) is 5.11 Å². The number of hydrogen-bond acceptors (Lipinski definition) is 3. The lowest BCUT2D eigenvalue weighted by molar-refractivity contribution is -0.137. The minimum absolute atomic E-state index is 0.00411. The van der Waals surface area contributed by atoms with Crippen LogP contribution >= 0.6 is 0 Å². The highest BCUT2D eigenvalue weighted by Gasteiger charge is 2.06. The van der Waals surface area contributed by atoms with Crippen molar-refractivity contribution in [1.82, 2.24) is 10.6 Å². The lowest BCUT2D eigenvalue weighted by atomic mass is 10.2. The zero-order valence-corrected chi connectivity index (χ0v) is 10.2. The Bertz CT molecular complexity index is 229. The van der Waals surface area contributed by atoms with E-state index < -0.39 is 5.97 Å². The first kappa shape index (κ1) is 14.9. The summed E-state index contributed by atoms with van der Waals surface area (Å²) in [5.41, 5.74) is 0. The van der Waals surface area contributed by atoms with E-state index in [0.29, 0.717) is 19.5 Å². The zero-order chi connectivity index (χ0) is 12.6. The summed E-state index contributed by atoms with van der Waals surface area (Å²) in [4.78, 5) is 21.5. The van der Waals surface area contributed by atoms with Crippen LogP contribution in [0.1, 0.15) is 33.6 Å². The van der Waals surface area contributed by atoms with Gasteiger partial charge in [-0.1, -0.05) is 13.8 Å². The Morgan fingerprint density at radius 2 is 1.81 bits per heavy atom. The summed E-state index contributed by atoms with van der Waals surface area (Å²) in [5.74, 6) is -0.730. The second-order valence-corrected chi connectivity index (χ2v) is 4.23. The molecular weight excluding hydrogens is 208 g/mol. The summed E-state index contributed by atoms with van der Waals surface area (Å²) in [6.45, 7) is 6.87. The van der Waals surface area contributed by atoms with Crippen LogP contribution in [0.2, 0.25) is 0 Å². The number of carbonyl (C=O) groups is 2. The van der Waals surface area contributed by atoms with E-state index in [-0.39, 0.29) is 24.3 Å². The average Bonchev–Trinajstić information content (AvgIpc) is 2.20. The van der Waals surface area contributed by atoms with E-state index in [1.807, 2.05) is 20.8 Å². The molecule has 0 saturated heterocycles. The van der Waals surface area contributed by atoms with Crippen molar-refractivity contribution >= 4 is 11.9 Å². The largest absolute Gasteiger partial charge is 0.481 e. The smallest absolute Gasteiger partial charge is 0.303 e. The van der Waals surface area contributed by atoms with Crippen LogP contribution in [0.25, 0.3) is 0 Å². The minimum atomic E-state index is -0.776. The van der Waals surface area contributed by atoms with E-state index in [1.54, 1.807) is 0 Å². The molecule has 0 saturated carbocycles. The molecular formula is C11H22N2O3. The van der Waals surface area contributed by atoms with Gasteiger partial charge in [0.05, 0.1) is 0 Å². The van der Waals surface area contributed by atoms with E-state index >= 15 is 0 Å². The predicted molar refractivity (Wildman–Crippen MR) is 62.2 cm³/mol. The van der Waals surface area contributed by atoms with Crippen molar-refractivity contribution in [3.63, 3.8) is 0 Å². The number of carboxylic acid groups (broad SMARTS) is 1. The fourth-order valence-electron chi connectivity index (χ4n) is 1.15. The fourth-order valence-corrected chi connectivity index (χ4v) is 1.15. The number of nitrogens with one attached hydrogen (secondary N) is 2. The maximum atomic E-state index is 11.2. The molecule has 5 nitrogen and oxygen atoms in total. The molecule has 1 unspecified atom stereocenters. The Balaban J connectivity index is 3.44. The van der Waals surface area contributed by atoms with Gasteiger partial charge in [-0.25, -0.2) is 0 Å². The second-order valence-electron chi connectivity index (χ2n) is 4.23. The van der Waals surface area contributed by atoms with Gasteiger partial charge in [-0.05, 0) is 13.3 Å². The van der Waals surface area contributed by atoms with E-state index in [9.17, 15) is 9.59 Å². The SMILES string of the molecule is CC(CCC(=O)O)NCCNC(=O)C(C)C. The molecule has 0 aliphatic heterocycles. The van der Waals surface area contributed by atoms with Crippen molar-refractivity contribution in [2.45, 2.75) is 39.7 Å². The highest BCUT2D eigenvalue weighted by atomic mass is 16.4. The normalized spacial score (nSPS) is 12.5. The molecule has 0 bridgehead atoms. The van der Waals surface area contributed by atoms with Crippen LogP contribution in [0.15, 0.2) is 0 Å². The van der Waals surface area contributed by atoms with Gasteiger partial charge in [0.15, 0.2) is 0 Å². The highest BCUT2D eigenvalue weighted by Crippen LogP contribution is 1.95. The third kappa shape index (κ3) is 8.23. The third-order valence-corrected chi connectivity index (χ3v) is 2.23. The number of rotatable bonds is 8. The lowest BCUT2D eigenvalue weighted by Gasteiger charge is -2.13. The van der Waals surface area contributed by atoms with Gasteiger partial charge in [0.1, 0.15) is 0 Å². The molecule has 0 radical (unpaired) electrons. The summed E-state index contributed by atoms with van der Waals surface area (Å²) < 4.78 is 0. The van der Waals surface area contributed by atoms with Gasteiger partial charge in [-0.3, -0.25) is 9.59 Å². The predicted octanol–water partition coefficient (Wildman–Crippen LogP) is 0.601. The maximum Gasteiger partial charge on any atom is 0.303 e. The molecule has 94 valence electrons. The molecule has 0 aromatic heterocycles. The lowest BCUT2D eigenvalue weighted by Crippen LogP contribution is -2.37. The molecule has 1 atom stereocenters. The van der Waals surface area contributed by atoms with Crippen LogP contribution in [0, 0.1) is 5.92 Å². The second kappa shape index (κ2) is 8.10. The summed E-state index contributed by atoms with van der Waals surface area (Å²) in [6.07, 6.45) is 0.778. The molecule has 0 aliphatic carbocycles. The minimum Gasteiger partial charge on any atom is -0.481 e. The van der Waals surface area contributed by atoms with Gasteiger partial charge >= 0.3 is 5.97 Å². The molecule has 1 amide bonds. The number of aliphatic carboxylic acids is 1. The van der Waals surface area contributed by atoms with Crippen LogP contribution in [-0.4, -0.2) is 36.1 Å². The van der Waals surface area contributed by atoms with E-state index in [0.717, 1.165) is 0 Å². The first-order chi connectivity index (χ1) is 7.43. The Labute approximate surface area is 96.6 Å². The van der Waals surface area contributed by atoms with Crippen LogP contribution in [0.4, 0.5) is 0 Å². The molecule has 0 fully saturated rings. The van der Waals surface area contributed by atoms with Gasteiger partial charge in [0, 0.05) is 31.5 Å². The molecule has 0 heterocycles. The fraction of sp³-hybridized carbons (Fsp3) is 0.818. The van der Waals surface area contributed by atoms with Crippen molar-refractivity contribution in [2.75, 3.05) is 13.1 Å². The molecule has 16 heavy (non-hydrogen) atoms. The Morgan fingerprint density at radius 1 is 1.19 bits per heavy atom. The first-order valence-electron chi connectivity index (χ1n) is 5.66. The van der Waals surface area contributed by atoms with Gasteiger partial charge in [0.2, 0.25) is 5.91 Å². The number of carboxylic acids is 1. The molecule has 5 heteroatoms. The number of amides is 1. The van der Waals surface area contributed by atoms with Crippen LogP contribution in [-0.2, 0) is 9.59 Å². The summed E-state index contributed by atoms with van der Waals surface area (Å²) in [7, 11) is 0. The summed E-state index contributed by atoms with van der Waals surface area (Å²) >= 11 is 0. The quantitative estimate of drug-likeness (QED) is 0.534. The van der Waals surface area contributed by atoms with Gasteiger partial charge in [0.25, 0.3) is 0 Å². The molecule has 0 aromatic rings. The van der Waals surface area contributed by atoms with Crippen LogP contribution in [0.5, 0.6) is 0 Å². The summed E-state index contributed by atoms with van der Waals surface area (Å²) in [5, 5.41) is 14.4. The van der Waals surface area contributed by atoms with Gasteiger partial charge < -0.3 is 15.7 Å². The van der Waals surface area contributed by atoms with Crippen molar-refractivity contribution < 1.29 is 14.7 Å². The Morgan fingerprint density at radius 3 is 2.31 bits per heavy atom. The van der Waals surface area contributed by atoms with Gasteiger partial charge in [-0.2, -0.15) is 0 Å². The third-order valence-electron chi connectivity index (χ3n) is 2.23. The Hall–Kier alpha value is -1.10. The number of hydrogen-bond donors (Lipinski definition) is 3. The van der Waals surface area contributed by atoms with Crippen LogP contribution in [0.3, 0.4) is 0 Å². The van der Waals surface area contributed by atoms with Gasteiger partial charge in [-0.15, -0.1) is 0 Å². The molecule has 0 aromatic carbocycles. The van der Waals surface area contributed by atoms with E-state index in [2.05, 4.69) is 10.6 Å². The topological polar surface area (TPSA) is 78.4 Å². The first-order valence-corrected chi connectivity index (χ1v) is 5.66. The van der Waals surface area contributed by atoms with Crippen molar-refractivity contribution in [3.8, 4) is 0 Å². The van der Waals surface area contributed by atoms with E-state index in [1.165, 1.54) is 0 Å². The standard InChI is InChI=1S/C11H22N2O3/c1-8(2)11(16)13-7-6-12-9(3)4-5-10(14)15/h8-9,12H,4-7H2,1-3H3,(H,13,16)(H,14,15). The Kier molecular flexibility index (Phi) is 7.54.